The fourth-order valence-electron chi connectivity index (χ4n) is 2.79. The molecule has 2 aromatic carbocycles. The summed E-state index contributed by atoms with van der Waals surface area (Å²) in [7, 11) is 0. The molecule has 0 radical (unpaired) electrons. The van der Waals surface area contributed by atoms with E-state index in [0.29, 0.717) is 0 Å². The summed E-state index contributed by atoms with van der Waals surface area (Å²) in [4.78, 5) is 0. The summed E-state index contributed by atoms with van der Waals surface area (Å²) < 4.78 is 0. The van der Waals surface area contributed by atoms with Crippen molar-refractivity contribution in [2.75, 3.05) is 11.2 Å². The minimum absolute atomic E-state index is 0.892. The number of rotatable bonds is 3. The average Bonchev–Trinajstić information content (AvgIpc) is 2.35. The van der Waals surface area contributed by atoms with Crippen LogP contribution in [0.15, 0.2) is 24.3 Å². The van der Waals surface area contributed by atoms with Crippen molar-refractivity contribution in [1.29, 1.82) is 0 Å². The number of nitrogen functional groups attached to an aromatic ring is 2. The number of nitrogens with one attached hydrogen (secondary N) is 1. The van der Waals surface area contributed by atoms with Gasteiger partial charge in [0.2, 0.25) is 0 Å². The van der Waals surface area contributed by atoms with Gasteiger partial charge in [0.15, 0.2) is 0 Å². The van der Waals surface area contributed by atoms with E-state index in [1.807, 2.05) is 0 Å². The van der Waals surface area contributed by atoms with Crippen molar-refractivity contribution < 1.29 is 0 Å². The van der Waals surface area contributed by atoms with Crippen molar-refractivity contribution in [3.8, 4) is 0 Å². The number of hydrogen-bond donors (Lipinski definition) is 3. The lowest BCUT2D eigenvalue weighted by molar-refractivity contribution is 1.14. The van der Waals surface area contributed by atoms with Gasteiger partial charge in [-0.3, -0.25) is 5.84 Å². The van der Waals surface area contributed by atoms with Crippen LogP contribution in [0, 0.1) is 27.7 Å². The maximum Gasteiger partial charge on any atom is 0.0543 e. The van der Waals surface area contributed by atoms with Crippen LogP contribution in [-0.2, 0) is 6.42 Å². The molecule has 0 spiro atoms. The molecule has 0 aliphatic rings. The third-order valence-electron chi connectivity index (χ3n) is 3.80. The zero-order chi connectivity index (χ0) is 14.9. The van der Waals surface area contributed by atoms with Crippen LogP contribution < -0.4 is 17.0 Å². The number of nitrogens with two attached hydrogens (primary N) is 2. The molecule has 5 N–H and O–H groups in total. The third-order valence-corrected chi connectivity index (χ3v) is 3.80. The molecule has 3 heteroatoms. The largest absolute Gasteiger partial charge is 0.398 e. The molecule has 0 amide bonds. The van der Waals surface area contributed by atoms with Gasteiger partial charge < -0.3 is 11.2 Å². The van der Waals surface area contributed by atoms with Gasteiger partial charge in [-0.1, -0.05) is 24.3 Å². The van der Waals surface area contributed by atoms with Crippen LogP contribution in [0.1, 0.15) is 33.4 Å². The van der Waals surface area contributed by atoms with Crippen LogP contribution >= 0.6 is 0 Å². The van der Waals surface area contributed by atoms with Crippen molar-refractivity contribution in [1.82, 2.24) is 0 Å². The first-order valence-corrected chi connectivity index (χ1v) is 6.84. The summed E-state index contributed by atoms with van der Waals surface area (Å²) in [5.41, 5.74) is 17.9. The molecule has 0 aromatic heterocycles. The molecular weight excluding hydrogens is 246 g/mol. The third kappa shape index (κ3) is 2.78. The van der Waals surface area contributed by atoms with Gasteiger partial charge in [-0.15, -0.1) is 0 Å². The summed E-state index contributed by atoms with van der Waals surface area (Å²) in [6, 6.07) is 8.70. The lowest BCUT2D eigenvalue weighted by Gasteiger charge is -2.13. The van der Waals surface area contributed by atoms with Crippen molar-refractivity contribution in [3.63, 3.8) is 0 Å². The molecule has 0 fully saturated rings. The van der Waals surface area contributed by atoms with Crippen molar-refractivity contribution in [2.45, 2.75) is 34.1 Å². The SMILES string of the molecule is Cc1cc(Cc2cc(C)c(NN)c(C)c2)cc(C)c1N. The van der Waals surface area contributed by atoms with E-state index in [4.69, 9.17) is 11.6 Å². The first kappa shape index (κ1) is 14.4. The number of hydrazine groups is 1. The molecule has 0 heterocycles. The standard InChI is InChI=1S/C17H23N3/c1-10-5-14(6-11(2)16(10)18)9-15-7-12(3)17(20-19)13(4)8-15/h5-8,20H,9,18-19H2,1-4H3. The Hall–Kier alpha value is -2.00. The van der Waals surface area contributed by atoms with Gasteiger partial charge in [0.05, 0.1) is 5.69 Å². The molecule has 106 valence electrons. The van der Waals surface area contributed by atoms with E-state index in [0.717, 1.165) is 28.9 Å². The van der Waals surface area contributed by atoms with Gasteiger partial charge in [0.1, 0.15) is 0 Å². The van der Waals surface area contributed by atoms with E-state index in [1.165, 1.54) is 22.3 Å². The lowest BCUT2D eigenvalue weighted by Crippen LogP contribution is -2.10. The van der Waals surface area contributed by atoms with Gasteiger partial charge in [0, 0.05) is 5.69 Å². The van der Waals surface area contributed by atoms with Gasteiger partial charge in [-0.05, 0) is 67.5 Å². The maximum atomic E-state index is 6.01. The molecule has 0 saturated heterocycles. The van der Waals surface area contributed by atoms with E-state index in [1.54, 1.807) is 0 Å². The van der Waals surface area contributed by atoms with Crippen LogP contribution in [0.3, 0.4) is 0 Å². The summed E-state index contributed by atoms with van der Waals surface area (Å²) in [6.45, 7) is 8.27. The highest BCUT2D eigenvalue weighted by molar-refractivity contribution is 5.59. The monoisotopic (exact) mass is 269 g/mol. The molecule has 2 aromatic rings. The Kier molecular flexibility index (Phi) is 4.00. The minimum atomic E-state index is 0.892. The molecule has 0 aliphatic heterocycles. The lowest BCUT2D eigenvalue weighted by atomic mass is 9.96. The number of anilines is 2. The van der Waals surface area contributed by atoms with Crippen LogP contribution in [0.5, 0.6) is 0 Å². The molecular formula is C17H23N3. The molecule has 0 atom stereocenters. The van der Waals surface area contributed by atoms with Gasteiger partial charge in [-0.2, -0.15) is 0 Å². The highest BCUT2D eigenvalue weighted by Gasteiger charge is 2.07. The highest BCUT2D eigenvalue weighted by Crippen LogP contribution is 2.25. The highest BCUT2D eigenvalue weighted by atomic mass is 15.2. The Morgan fingerprint density at radius 3 is 1.60 bits per heavy atom. The second-order valence-electron chi connectivity index (χ2n) is 5.57. The van der Waals surface area contributed by atoms with Crippen LogP contribution in [0.4, 0.5) is 11.4 Å². The molecule has 0 bridgehead atoms. The maximum absolute atomic E-state index is 6.01. The Morgan fingerprint density at radius 1 is 0.800 bits per heavy atom. The number of benzene rings is 2. The first-order valence-electron chi connectivity index (χ1n) is 6.84. The van der Waals surface area contributed by atoms with E-state index in [2.05, 4.69) is 57.4 Å². The van der Waals surface area contributed by atoms with Crippen molar-refractivity contribution >= 4 is 11.4 Å². The summed E-state index contributed by atoms with van der Waals surface area (Å²) in [5.74, 6) is 5.55. The second kappa shape index (κ2) is 5.55. The Labute approximate surface area is 121 Å². The van der Waals surface area contributed by atoms with Crippen LogP contribution in [0.25, 0.3) is 0 Å². The van der Waals surface area contributed by atoms with E-state index in [9.17, 15) is 0 Å². The molecule has 0 unspecified atom stereocenters. The molecule has 0 saturated carbocycles. The second-order valence-corrected chi connectivity index (χ2v) is 5.57. The van der Waals surface area contributed by atoms with Crippen LogP contribution in [-0.4, -0.2) is 0 Å². The number of hydrogen-bond acceptors (Lipinski definition) is 3. The quantitative estimate of drug-likeness (QED) is 0.455. The van der Waals surface area contributed by atoms with Crippen molar-refractivity contribution in [3.05, 3.63) is 57.6 Å². The number of aryl methyl sites for hydroxylation is 4. The van der Waals surface area contributed by atoms with E-state index < -0.39 is 0 Å². The van der Waals surface area contributed by atoms with Gasteiger partial charge in [0.25, 0.3) is 0 Å². The van der Waals surface area contributed by atoms with E-state index >= 15 is 0 Å². The zero-order valence-corrected chi connectivity index (χ0v) is 12.7. The van der Waals surface area contributed by atoms with Gasteiger partial charge in [-0.25, -0.2) is 0 Å². The summed E-state index contributed by atoms with van der Waals surface area (Å²) in [5, 5.41) is 0. The first-order chi connectivity index (χ1) is 9.42. The normalized spacial score (nSPS) is 10.7. The molecule has 2 rings (SSSR count). The Bertz CT molecular complexity index is 599. The molecule has 0 aliphatic carbocycles. The fraction of sp³-hybridized carbons (Fsp3) is 0.294. The topological polar surface area (TPSA) is 64.1 Å². The predicted molar refractivity (Wildman–Crippen MR) is 86.9 cm³/mol. The van der Waals surface area contributed by atoms with Crippen LogP contribution in [0.2, 0.25) is 0 Å². The molecule has 20 heavy (non-hydrogen) atoms. The van der Waals surface area contributed by atoms with E-state index in [-0.39, 0.29) is 0 Å². The Balaban J connectivity index is 2.35. The minimum Gasteiger partial charge on any atom is -0.398 e. The Morgan fingerprint density at radius 2 is 1.20 bits per heavy atom. The van der Waals surface area contributed by atoms with Gasteiger partial charge >= 0.3 is 0 Å². The fourth-order valence-corrected chi connectivity index (χ4v) is 2.79. The summed E-state index contributed by atoms with van der Waals surface area (Å²) >= 11 is 0. The smallest absolute Gasteiger partial charge is 0.0543 e. The molecule has 3 nitrogen and oxygen atoms in total. The zero-order valence-electron chi connectivity index (χ0n) is 12.7. The van der Waals surface area contributed by atoms with Crippen molar-refractivity contribution in [2.24, 2.45) is 5.84 Å². The predicted octanol–water partition coefficient (Wildman–Crippen LogP) is 3.38. The average molecular weight is 269 g/mol. The summed E-state index contributed by atoms with van der Waals surface area (Å²) in [6.07, 6.45) is 0.911.